The number of nitrogens with one attached hydrogen (secondary N) is 1. The van der Waals surface area contributed by atoms with Crippen LogP contribution in [0.4, 0.5) is 4.79 Å². The van der Waals surface area contributed by atoms with Crippen LogP contribution >= 0.6 is 0 Å². The quantitative estimate of drug-likeness (QED) is 0.365. The molecule has 0 aliphatic heterocycles. The van der Waals surface area contributed by atoms with Gasteiger partial charge in [0.1, 0.15) is 0 Å². The molecule has 1 aliphatic carbocycles. The number of rotatable bonds is 1. The molecule has 0 saturated heterocycles. The molecule has 4 nitrogen and oxygen atoms in total. The first-order valence-electron chi connectivity index (χ1n) is 4.88. The van der Waals surface area contributed by atoms with Crippen molar-refractivity contribution in [1.82, 2.24) is 10.3 Å². The third kappa shape index (κ3) is 2.59. The zero-order valence-corrected chi connectivity index (χ0v) is 8.42. The van der Waals surface area contributed by atoms with Gasteiger partial charge in [0.2, 0.25) is 0 Å². The second-order valence-electron chi connectivity index (χ2n) is 3.99. The maximum absolute atomic E-state index is 11.2. The second kappa shape index (κ2) is 4.46. The van der Waals surface area contributed by atoms with Gasteiger partial charge in [-0.3, -0.25) is 5.43 Å². The van der Waals surface area contributed by atoms with E-state index in [1.807, 2.05) is 7.05 Å². The van der Waals surface area contributed by atoms with Crippen molar-refractivity contribution in [2.75, 3.05) is 7.05 Å². The Bertz CT molecular complexity index is 184. The van der Waals surface area contributed by atoms with E-state index in [1.54, 1.807) is 4.90 Å². The van der Waals surface area contributed by atoms with Crippen molar-refractivity contribution in [3.8, 4) is 0 Å². The molecular weight excluding hydrogens is 166 g/mol. The van der Waals surface area contributed by atoms with Gasteiger partial charge in [-0.2, -0.15) is 0 Å². The fourth-order valence-electron chi connectivity index (χ4n) is 2.02. The number of nitrogens with zero attached hydrogens (tertiary/aromatic N) is 1. The van der Waals surface area contributed by atoms with Gasteiger partial charge in [-0.25, -0.2) is 10.6 Å². The van der Waals surface area contributed by atoms with Crippen LogP contribution in [-0.4, -0.2) is 24.0 Å². The van der Waals surface area contributed by atoms with E-state index in [9.17, 15) is 4.79 Å². The normalized spacial score (nSPS) is 28.2. The monoisotopic (exact) mass is 185 g/mol. The molecule has 2 atom stereocenters. The summed E-state index contributed by atoms with van der Waals surface area (Å²) in [6, 6.07) is 0.186. The van der Waals surface area contributed by atoms with E-state index in [2.05, 4.69) is 12.3 Å². The molecule has 1 aliphatic rings. The molecular formula is C9H19N3O. The summed E-state index contributed by atoms with van der Waals surface area (Å²) < 4.78 is 0. The van der Waals surface area contributed by atoms with Crippen LogP contribution in [0.2, 0.25) is 0 Å². The highest BCUT2D eigenvalue weighted by molar-refractivity contribution is 5.73. The number of carbonyl (C=O) groups is 1. The van der Waals surface area contributed by atoms with E-state index < -0.39 is 0 Å². The first kappa shape index (κ1) is 10.3. The predicted octanol–water partition coefficient (Wildman–Crippen LogP) is 1.08. The molecule has 1 rings (SSSR count). The molecule has 0 aromatic carbocycles. The van der Waals surface area contributed by atoms with E-state index >= 15 is 0 Å². The predicted molar refractivity (Wildman–Crippen MR) is 51.9 cm³/mol. The largest absolute Gasteiger partial charge is 0.331 e. The molecule has 2 amide bonds. The zero-order chi connectivity index (χ0) is 9.84. The molecule has 1 fully saturated rings. The summed E-state index contributed by atoms with van der Waals surface area (Å²) in [5, 5.41) is 0. The fourth-order valence-corrected chi connectivity index (χ4v) is 2.02. The average molecular weight is 185 g/mol. The molecule has 76 valence electrons. The Labute approximate surface area is 79.4 Å². The molecule has 13 heavy (non-hydrogen) atoms. The number of amides is 2. The lowest BCUT2D eigenvalue weighted by molar-refractivity contribution is 0.160. The Balaban J connectivity index is 2.45. The number of carbonyl (C=O) groups excluding carboxylic acids is 1. The molecule has 0 bridgehead atoms. The lowest BCUT2D eigenvalue weighted by atomic mass is 9.86. The number of nitrogens with two attached hydrogens (primary N) is 1. The van der Waals surface area contributed by atoms with Crippen molar-refractivity contribution in [3.05, 3.63) is 0 Å². The van der Waals surface area contributed by atoms with Crippen LogP contribution in [0, 0.1) is 5.92 Å². The van der Waals surface area contributed by atoms with Gasteiger partial charge < -0.3 is 4.90 Å². The molecule has 0 aromatic heterocycles. The van der Waals surface area contributed by atoms with Crippen LogP contribution in [0.15, 0.2) is 0 Å². The Hall–Kier alpha value is -0.770. The minimum Gasteiger partial charge on any atom is -0.324 e. The van der Waals surface area contributed by atoms with E-state index in [4.69, 9.17) is 5.84 Å². The summed E-state index contributed by atoms with van der Waals surface area (Å²) in [6.07, 6.45) is 4.71. The zero-order valence-electron chi connectivity index (χ0n) is 8.42. The highest BCUT2D eigenvalue weighted by Gasteiger charge is 2.24. The van der Waals surface area contributed by atoms with Gasteiger partial charge in [0.25, 0.3) is 0 Å². The second-order valence-corrected chi connectivity index (χ2v) is 3.99. The Morgan fingerprint density at radius 2 is 2.23 bits per heavy atom. The van der Waals surface area contributed by atoms with Crippen LogP contribution in [0.3, 0.4) is 0 Å². The lowest BCUT2D eigenvalue weighted by Gasteiger charge is -2.33. The minimum atomic E-state index is -0.181. The van der Waals surface area contributed by atoms with Crippen molar-refractivity contribution >= 4 is 6.03 Å². The minimum absolute atomic E-state index is 0.181. The van der Waals surface area contributed by atoms with Gasteiger partial charge in [0.05, 0.1) is 0 Å². The number of urea groups is 1. The maximum atomic E-state index is 11.2. The lowest BCUT2D eigenvalue weighted by Crippen LogP contribution is -2.47. The highest BCUT2D eigenvalue weighted by atomic mass is 16.2. The molecule has 2 unspecified atom stereocenters. The summed E-state index contributed by atoms with van der Waals surface area (Å²) >= 11 is 0. The van der Waals surface area contributed by atoms with Crippen LogP contribution in [0.5, 0.6) is 0 Å². The van der Waals surface area contributed by atoms with Crippen molar-refractivity contribution < 1.29 is 4.79 Å². The van der Waals surface area contributed by atoms with Crippen molar-refractivity contribution in [2.24, 2.45) is 11.8 Å². The van der Waals surface area contributed by atoms with Gasteiger partial charge in [0, 0.05) is 13.1 Å². The van der Waals surface area contributed by atoms with Gasteiger partial charge in [-0.1, -0.05) is 19.8 Å². The summed E-state index contributed by atoms with van der Waals surface area (Å²) in [6.45, 7) is 2.24. The molecule has 3 N–H and O–H groups in total. The van der Waals surface area contributed by atoms with Gasteiger partial charge in [-0.15, -0.1) is 0 Å². The molecule has 1 saturated carbocycles. The average Bonchev–Trinajstić information content (AvgIpc) is 2.15. The number of hydrazine groups is 1. The summed E-state index contributed by atoms with van der Waals surface area (Å²) in [4.78, 5) is 12.9. The first-order chi connectivity index (χ1) is 6.15. The summed E-state index contributed by atoms with van der Waals surface area (Å²) in [5.74, 6) is 5.80. The van der Waals surface area contributed by atoms with E-state index in [1.165, 1.54) is 12.8 Å². The third-order valence-electron chi connectivity index (χ3n) is 2.90. The van der Waals surface area contributed by atoms with Gasteiger partial charge >= 0.3 is 6.03 Å². The molecule has 0 heterocycles. The maximum Gasteiger partial charge on any atom is 0.331 e. The standard InChI is InChI=1S/C9H19N3O/c1-7-4-3-5-8(6-7)12(2)9(13)11-10/h7-8H,3-6,10H2,1-2H3,(H,11,13). The number of hydrogen-bond acceptors (Lipinski definition) is 2. The van der Waals surface area contributed by atoms with E-state index in [-0.39, 0.29) is 6.03 Å². The van der Waals surface area contributed by atoms with Crippen LogP contribution in [0.25, 0.3) is 0 Å². The van der Waals surface area contributed by atoms with E-state index in [0.717, 1.165) is 18.8 Å². The van der Waals surface area contributed by atoms with Crippen molar-refractivity contribution in [3.63, 3.8) is 0 Å². The van der Waals surface area contributed by atoms with Gasteiger partial charge in [-0.05, 0) is 18.8 Å². The molecule has 0 aromatic rings. The van der Waals surface area contributed by atoms with Crippen LogP contribution < -0.4 is 11.3 Å². The summed E-state index contributed by atoms with van der Waals surface area (Å²) in [7, 11) is 1.81. The first-order valence-corrected chi connectivity index (χ1v) is 4.88. The fraction of sp³-hybridized carbons (Fsp3) is 0.889. The Kier molecular flexibility index (Phi) is 3.54. The Morgan fingerprint density at radius 1 is 1.54 bits per heavy atom. The summed E-state index contributed by atoms with van der Waals surface area (Å²) in [5.41, 5.74) is 2.16. The van der Waals surface area contributed by atoms with E-state index in [0.29, 0.717) is 6.04 Å². The molecule has 0 spiro atoms. The van der Waals surface area contributed by atoms with Crippen LogP contribution in [0.1, 0.15) is 32.6 Å². The Morgan fingerprint density at radius 3 is 2.77 bits per heavy atom. The SMILES string of the molecule is CC1CCCC(N(C)C(=O)NN)C1. The van der Waals surface area contributed by atoms with Crippen molar-refractivity contribution in [2.45, 2.75) is 38.6 Å². The van der Waals surface area contributed by atoms with Crippen LogP contribution in [-0.2, 0) is 0 Å². The molecule has 4 heteroatoms. The molecule has 0 radical (unpaired) electrons. The highest BCUT2D eigenvalue weighted by Crippen LogP contribution is 2.26. The third-order valence-corrected chi connectivity index (χ3v) is 2.90. The van der Waals surface area contributed by atoms with Gasteiger partial charge in [0.15, 0.2) is 0 Å². The number of hydrogen-bond donors (Lipinski definition) is 2. The smallest absolute Gasteiger partial charge is 0.324 e. The topological polar surface area (TPSA) is 58.4 Å². The van der Waals surface area contributed by atoms with Crippen molar-refractivity contribution in [1.29, 1.82) is 0 Å².